The summed E-state index contributed by atoms with van der Waals surface area (Å²) in [7, 11) is -2.88. The minimum atomic E-state index is -2.88. The average Bonchev–Trinajstić information content (AvgIpc) is 3.09. The molecule has 0 aliphatic carbocycles. The number of nitrogens with two attached hydrogens (primary N) is 1. The molecular formula is C10H13N7O7P+. The van der Waals surface area contributed by atoms with Gasteiger partial charge in [-0.2, -0.15) is 4.98 Å². The lowest BCUT2D eigenvalue weighted by molar-refractivity contribution is -0.0476. The standard InChI is InChI=1S/C10H12N7O7P/c11-16-15-10-13-7-4(8(20)14-10)12-2-17(7)9-6(19)5(18)3(24-9)1-23-25(21)22/h2-3,5-6,9,18-19H,1H2,(H3-,11,13,14,15,20,21,22)/p+1/t3-,5?,6?,9-/m1/s1. The van der Waals surface area contributed by atoms with Gasteiger partial charge in [-0.3, -0.25) is 14.3 Å². The van der Waals surface area contributed by atoms with E-state index in [1.807, 2.05) is 0 Å². The Kier molecular flexibility index (Phi) is 4.80. The molecular weight excluding hydrogens is 361 g/mol. The Morgan fingerprint density at radius 3 is 2.92 bits per heavy atom. The second-order valence-electron chi connectivity index (χ2n) is 5.01. The monoisotopic (exact) mass is 374 g/mol. The van der Waals surface area contributed by atoms with Crippen LogP contribution in [-0.4, -0.2) is 59.5 Å². The first-order valence-corrected chi connectivity index (χ1v) is 7.94. The van der Waals surface area contributed by atoms with Crippen molar-refractivity contribution >= 4 is 25.4 Å². The van der Waals surface area contributed by atoms with Crippen molar-refractivity contribution < 1.29 is 28.9 Å². The van der Waals surface area contributed by atoms with E-state index in [2.05, 4.69) is 29.8 Å². The third-order valence-electron chi connectivity index (χ3n) is 3.53. The Morgan fingerprint density at radius 1 is 1.48 bits per heavy atom. The second-order valence-corrected chi connectivity index (χ2v) is 5.74. The number of H-pyrrole nitrogens is 1. The molecule has 2 aromatic rings. The van der Waals surface area contributed by atoms with E-state index in [4.69, 9.17) is 15.5 Å². The van der Waals surface area contributed by atoms with E-state index in [0.29, 0.717) is 0 Å². The van der Waals surface area contributed by atoms with Gasteiger partial charge in [-0.15, -0.1) is 9.42 Å². The molecule has 0 radical (unpaired) electrons. The summed E-state index contributed by atoms with van der Waals surface area (Å²) < 4.78 is 21.8. The summed E-state index contributed by atoms with van der Waals surface area (Å²) in [6.07, 6.45) is -3.88. The highest BCUT2D eigenvalue weighted by Crippen LogP contribution is 2.32. The molecule has 3 unspecified atom stereocenters. The van der Waals surface area contributed by atoms with E-state index in [0.717, 1.165) is 0 Å². The molecule has 1 fully saturated rings. The second kappa shape index (κ2) is 6.87. The van der Waals surface area contributed by atoms with Gasteiger partial charge in [-0.25, -0.2) is 4.98 Å². The molecule has 0 amide bonds. The number of ether oxygens (including phenoxy) is 1. The first-order valence-electron chi connectivity index (χ1n) is 6.80. The quantitative estimate of drug-likeness (QED) is 0.174. The van der Waals surface area contributed by atoms with Gasteiger partial charge in [0.05, 0.1) is 6.33 Å². The van der Waals surface area contributed by atoms with Crippen LogP contribution in [0.1, 0.15) is 6.23 Å². The van der Waals surface area contributed by atoms with E-state index in [9.17, 15) is 19.6 Å². The fourth-order valence-electron chi connectivity index (χ4n) is 2.44. The van der Waals surface area contributed by atoms with Crippen LogP contribution in [0.2, 0.25) is 0 Å². The van der Waals surface area contributed by atoms with Crippen LogP contribution in [-0.2, 0) is 13.8 Å². The minimum Gasteiger partial charge on any atom is -0.387 e. The smallest absolute Gasteiger partial charge is 0.387 e. The number of aliphatic hydroxyl groups is 2. The molecule has 6 N–H and O–H groups in total. The molecule has 3 rings (SSSR count). The molecule has 0 aromatic carbocycles. The number of rotatable bonds is 5. The van der Waals surface area contributed by atoms with Crippen molar-refractivity contribution in [2.24, 2.45) is 16.2 Å². The van der Waals surface area contributed by atoms with Crippen LogP contribution in [0.25, 0.3) is 11.2 Å². The average molecular weight is 374 g/mol. The van der Waals surface area contributed by atoms with Crippen molar-refractivity contribution in [3.05, 3.63) is 16.7 Å². The maximum atomic E-state index is 11.9. The highest BCUT2D eigenvalue weighted by Gasteiger charge is 2.45. The Labute approximate surface area is 138 Å². The number of fused-ring (bicyclic) bond motifs is 1. The van der Waals surface area contributed by atoms with Gasteiger partial charge in [0.15, 0.2) is 17.4 Å². The summed E-state index contributed by atoms with van der Waals surface area (Å²) in [5.41, 5.74) is -0.659. The predicted octanol–water partition coefficient (Wildman–Crippen LogP) is -1.64. The molecule has 3 heterocycles. The Morgan fingerprint density at radius 2 is 2.24 bits per heavy atom. The van der Waals surface area contributed by atoms with Crippen LogP contribution in [0.5, 0.6) is 0 Å². The molecule has 14 nitrogen and oxygen atoms in total. The molecule has 1 aliphatic heterocycles. The van der Waals surface area contributed by atoms with Crippen LogP contribution in [0.4, 0.5) is 5.95 Å². The van der Waals surface area contributed by atoms with Crippen molar-refractivity contribution in [2.45, 2.75) is 24.5 Å². The van der Waals surface area contributed by atoms with E-state index >= 15 is 0 Å². The Hall–Kier alpha value is -2.35. The van der Waals surface area contributed by atoms with E-state index in [1.54, 1.807) is 0 Å². The minimum absolute atomic E-state index is 0.0113. The van der Waals surface area contributed by atoms with Gasteiger partial charge in [0.1, 0.15) is 24.9 Å². The normalized spacial score (nSPS) is 27.4. The fraction of sp³-hybridized carbons (Fsp3) is 0.500. The lowest BCUT2D eigenvalue weighted by Crippen LogP contribution is -2.33. The first kappa shape index (κ1) is 17.5. The number of nitrogens with zero attached hydrogens (tertiary/aromatic N) is 5. The lowest BCUT2D eigenvalue weighted by Gasteiger charge is -2.16. The van der Waals surface area contributed by atoms with Crippen molar-refractivity contribution in [3.63, 3.8) is 0 Å². The van der Waals surface area contributed by atoms with Gasteiger partial charge in [0, 0.05) is 4.57 Å². The summed E-state index contributed by atoms with van der Waals surface area (Å²) in [5, 5.41) is 26.6. The number of aromatic nitrogens is 4. The Balaban J connectivity index is 1.96. The zero-order valence-electron chi connectivity index (χ0n) is 12.3. The van der Waals surface area contributed by atoms with Gasteiger partial charge >= 0.3 is 8.25 Å². The number of nitrogens with one attached hydrogen (secondary N) is 1. The molecule has 0 saturated carbocycles. The van der Waals surface area contributed by atoms with E-state index in [1.165, 1.54) is 10.9 Å². The lowest BCUT2D eigenvalue weighted by atomic mass is 10.1. The molecule has 15 heteroatoms. The van der Waals surface area contributed by atoms with Gasteiger partial charge in [-0.1, -0.05) is 10.3 Å². The SMILES string of the molecule is NN=Nc1nc2c(ncn2[C@@H]2O[C@H](CO[P+](=O)O)C(O)C2O)c(=O)[nH]1. The molecule has 1 saturated heterocycles. The summed E-state index contributed by atoms with van der Waals surface area (Å²) in [5.74, 6) is 4.74. The van der Waals surface area contributed by atoms with E-state index in [-0.39, 0.29) is 17.1 Å². The van der Waals surface area contributed by atoms with Crippen LogP contribution in [0, 0.1) is 0 Å². The Bertz CT molecular complexity index is 882. The van der Waals surface area contributed by atoms with Crippen LogP contribution in [0.3, 0.4) is 0 Å². The van der Waals surface area contributed by atoms with Crippen molar-refractivity contribution in [1.29, 1.82) is 0 Å². The van der Waals surface area contributed by atoms with Gasteiger partial charge in [-0.05, 0) is 0 Å². The first-order chi connectivity index (χ1) is 11.9. The van der Waals surface area contributed by atoms with Crippen LogP contribution < -0.4 is 11.4 Å². The third kappa shape index (κ3) is 3.26. The third-order valence-corrected chi connectivity index (χ3v) is 3.90. The number of aromatic amines is 1. The number of hydrogen-bond donors (Lipinski definition) is 5. The van der Waals surface area contributed by atoms with Gasteiger partial charge in [0.2, 0.25) is 0 Å². The molecule has 0 spiro atoms. The van der Waals surface area contributed by atoms with Gasteiger partial charge < -0.3 is 20.8 Å². The summed E-state index contributed by atoms with van der Waals surface area (Å²) in [6.45, 7) is -0.423. The molecule has 5 atom stereocenters. The summed E-state index contributed by atoms with van der Waals surface area (Å²) >= 11 is 0. The molecule has 2 aromatic heterocycles. The highest BCUT2D eigenvalue weighted by atomic mass is 31.1. The summed E-state index contributed by atoms with van der Waals surface area (Å²) in [4.78, 5) is 30.8. The van der Waals surface area contributed by atoms with Crippen molar-refractivity contribution in [1.82, 2.24) is 19.5 Å². The summed E-state index contributed by atoms with van der Waals surface area (Å²) in [6, 6.07) is 0. The van der Waals surface area contributed by atoms with Crippen molar-refractivity contribution in [3.8, 4) is 0 Å². The van der Waals surface area contributed by atoms with Crippen LogP contribution >= 0.6 is 8.25 Å². The molecule has 134 valence electrons. The molecule has 25 heavy (non-hydrogen) atoms. The topological polar surface area (TPSA) is 211 Å². The number of hydrogen-bond acceptors (Lipinski definition) is 10. The number of aliphatic hydroxyl groups excluding tert-OH is 2. The van der Waals surface area contributed by atoms with Crippen LogP contribution in [0.15, 0.2) is 21.5 Å². The zero-order valence-corrected chi connectivity index (χ0v) is 13.2. The van der Waals surface area contributed by atoms with Crippen molar-refractivity contribution in [2.75, 3.05) is 6.61 Å². The largest absolute Gasteiger partial charge is 0.694 e. The molecule has 1 aliphatic rings. The fourth-order valence-corrected chi connectivity index (χ4v) is 2.71. The number of imidazole rings is 1. The zero-order chi connectivity index (χ0) is 18.1. The maximum Gasteiger partial charge on any atom is 0.694 e. The van der Waals surface area contributed by atoms with E-state index < -0.39 is 45.0 Å². The molecule has 0 bridgehead atoms. The highest BCUT2D eigenvalue weighted by molar-refractivity contribution is 7.32. The maximum absolute atomic E-state index is 11.9. The predicted molar refractivity (Wildman–Crippen MR) is 78.6 cm³/mol. The van der Waals surface area contributed by atoms with Gasteiger partial charge in [0.25, 0.3) is 11.5 Å².